The molecule has 0 radical (unpaired) electrons. The van der Waals surface area contributed by atoms with Gasteiger partial charge in [0.1, 0.15) is 18.3 Å². The second-order valence-electron chi connectivity index (χ2n) is 6.50. The summed E-state index contributed by atoms with van der Waals surface area (Å²) in [5, 5.41) is 9.31. The van der Waals surface area contributed by atoms with Crippen LogP contribution in [0.15, 0.2) is 6.07 Å². The Labute approximate surface area is 132 Å². The summed E-state index contributed by atoms with van der Waals surface area (Å²) in [6.07, 6.45) is 5.15. The molecule has 1 aromatic rings. The molecule has 0 unspecified atom stereocenters. The van der Waals surface area contributed by atoms with Crippen LogP contribution in [0.2, 0.25) is 0 Å². The van der Waals surface area contributed by atoms with Gasteiger partial charge in [-0.1, -0.05) is 13.8 Å². The van der Waals surface area contributed by atoms with Gasteiger partial charge < -0.3 is 15.2 Å². The van der Waals surface area contributed by atoms with Gasteiger partial charge in [0.25, 0.3) is 0 Å². The van der Waals surface area contributed by atoms with Crippen LogP contribution in [0.1, 0.15) is 50.9 Å². The number of nitrogen functional groups attached to an aromatic ring is 1. The maximum Gasteiger partial charge on any atom is 0.242 e. The number of hydrogen-bond donors (Lipinski definition) is 1. The zero-order chi connectivity index (χ0) is 16.1. The van der Waals surface area contributed by atoms with Crippen molar-refractivity contribution in [3.63, 3.8) is 0 Å². The lowest BCUT2D eigenvalue weighted by Crippen LogP contribution is -2.38. The Hall–Kier alpha value is -1.96. The molecule has 2 N–H and O–H groups in total. The molecule has 0 aliphatic carbocycles. The number of hydrogen-bond acceptors (Lipinski definition) is 3. The second-order valence-corrected chi connectivity index (χ2v) is 6.50. The van der Waals surface area contributed by atoms with Gasteiger partial charge in [-0.25, -0.2) is 0 Å². The van der Waals surface area contributed by atoms with Gasteiger partial charge in [-0.15, -0.1) is 0 Å². The molecule has 2 rings (SSSR count). The molecule has 5 nitrogen and oxygen atoms in total. The lowest BCUT2D eigenvalue weighted by atomic mass is 10.1. The van der Waals surface area contributed by atoms with E-state index in [2.05, 4.69) is 19.9 Å². The molecule has 120 valence electrons. The van der Waals surface area contributed by atoms with E-state index in [1.54, 1.807) is 6.07 Å². The van der Waals surface area contributed by atoms with Crippen LogP contribution in [0, 0.1) is 17.2 Å². The first-order valence-electron chi connectivity index (χ1n) is 8.18. The molecule has 22 heavy (non-hydrogen) atoms. The molecule has 5 heteroatoms. The summed E-state index contributed by atoms with van der Waals surface area (Å²) < 4.78 is 1.81. The predicted molar refractivity (Wildman–Crippen MR) is 87.1 cm³/mol. The molecule has 1 amide bonds. The number of nitrogens with two attached hydrogens (primary N) is 1. The highest BCUT2D eigenvalue weighted by atomic mass is 16.2. The van der Waals surface area contributed by atoms with Crippen molar-refractivity contribution in [3.8, 4) is 6.07 Å². The number of carbonyl (C=O) groups excluding carboxylic acids is 1. The lowest BCUT2D eigenvalue weighted by molar-refractivity contribution is -0.132. The van der Waals surface area contributed by atoms with Crippen molar-refractivity contribution in [2.75, 3.05) is 18.8 Å². The van der Waals surface area contributed by atoms with Crippen LogP contribution in [-0.4, -0.2) is 28.5 Å². The van der Waals surface area contributed by atoms with Crippen molar-refractivity contribution in [2.24, 2.45) is 5.92 Å². The number of piperidine rings is 1. The maximum absolute atomic E-state index is 12.5. The fourth-order valence-corrected chi connectivity index (χ4v) is 2.97. The Kier molecular flexibility index (Phi) is 5.48. The van der Waals surface area contributed by atoms with Crippen molar-refractivity contribution >= 4 is 11.6 Å². The van der Waals surface area contributed by atoms with Crippen molar-refractivity contribution < 1.29 is 4.79 Å². The molecular formula is C17H26N4O. The highest BCUT2D eigenvalue weighted by molar-refractivity contribution is 5.76. The standard InChI is InChI=1S/C17H26N4O/c1-13(2)6-7-16-15(19)10-14(11-18)21(16)12-17(22)20-8-4-3-5-9-20/h10,13H,3-9,12,19H2,1-2H3. The number of aromatic nitrogens is 1. The second kappa shape index (κ2) is 7.35. The monoisotopic (exact) mass is 302 g/mol. The molecule has 1 aliphatic heterocycles. The van der Waals surface area contributed by atoms with Crippen LogP contribution in [-0.2, 0) is 17.8 Å². The Bertz CT molecular complexity index is 562. The van der Waals surface area contributed by atoms with E-state index in [1.165, 1.54) is 6.42 Å². The summed E-state index contributed by atoms with van der Waals surface area (Å²) >= 11 is 0. The average molecular weight is 302 g/mol. The molecule has 1 fully saturated rings. The SMILES string of the molecule is CC(C)CCc1c(N)cc(C#N)n1CC(=O)N1CCCCC1. The summed E-state index contributed by atoms with van der Waals surface area (Å²) in [5.41, 5.74) is 8.10. The summed E-state index contributed by atoms with van der Waals surface area (Å²) in [5.74, 6) is 0.656. The Balaban J connectivity index is 2.17. The number of amides is 1. The van der Waals surface area contributed by atoms with Crippen LogP contribution >= 0.6 is 0 Å². The third-order valence-electron chi connectivity index (χ3n) is 4.32. The van der Waals surface area contributed by atoms with E-state index < -0.39 is 0 Å². The van der Waals surface area contributed by atoms with E-state index in [0.29, 0.717) is 17.3 Å². The first-order chi connectivity index (χ1) is 10.5. The van der Waals surface area contributed by atoms with Gasteiger partial charge in [-0.3, -0.25) is 4.79 Å². The van der Waals surface area contributed by atoms with Crippen molar-refractivity contribution in [1.29, 1.82) is 5.26 Å². The first kappa shape index (κ1) is 16.4. The fraction of sp³-hybridized carbons (Fsp3) is 0.647. The molecule has 2 heterocycles. The highest BCUT2D eigenvalue weighted by Crippen LogP contribution is 2.22. The van der Waals surface area contributed by atoms with Crippen molar-refractivity contribution in [3.05, 3.63) is 17.5 Å². The molecular weight excluding hydrogens is 276 g/mol. The van der Waals surface area contributed by atoms with E-state index >= 15 is 0 Å². The van der Waals surface area contributed by atoms with Gasteiger partial charge in [0.15, 0.2) is 0 Å². The third-order valence-corrected chi connectivity index (χ3v) is 4.32. The van der Waals surface area contributed by atoms with Gasteiger partial charge in [0.05, 0.1) is 5.69 Å². The lowest BCUT2D eigenvalue weighted by Gasteiger charge is -2.27. The van der Waals surface area contributed by atoms with Crippen LogP contribution in [0.25, 0.3) is 0 Å². The predicted octanol–water partition coefficient (Wildman–Crippen LogP) is 2.54. The smallest absolute Gasteiger partial charge is 0.242 e. The molecule has 1 aliphatic rings. The molecule has 0 saturated carbocycles. The van der Waals surface area contributed by atoms with Gasteiger partial charge in [0.2, 0.25) is 5.91 Å². The van der Waals surface area contributed by atoms with E-state index in [9.17, 15) is 10.1 Å². The van der Waals surface area contributed by atoms with Crippen LogP contribution in [0.4, 0.5) is 5.69 Å². The molecule has 0 spiro atoms. The van der Waals surface area contributed by atoms with Crippen LogP contribution in [0.5, 0.6) is 0 Å². The number of rotatable bonds is 5. The number of carbonyl (C=O) groups is 1. The van der Waals surface area contributed by atoms with Gasteiger partial charge in [-0.2, -0.15) is 5.26 Å². The van der Waals surface area contributed by atoms with E-state index in [0.717, 1.165) is 44.5 Å². The molecule has 0 aromatic carbocycles. The minimum absolute atomic E-state index is 0.0950. The van der Waals surface area contributed by atoms with Crippen molar-refractivity contribution in [2.45, 2.75) is 52.5 Å². The van der Waals surface area contributed by atoms with E-state index in [1.807, 2.05) is 9.47 Å². The van der Waals surface area contributed by atoms with Gasteiger partial charge in [0, 0.05) is 18.8 Å². The van der Waals surface area contributed by atoms with Gasteiger partial charge in [-0.05, 0) is 44.1 Å². The van der Waals surface area contributed by atoms with Crippen molar-refractivity contribution in [1.82, 2.24) is 9.47 Å². The maximum atomic E-state index is 12.5. The zero-order valence-corrected chi connectivity index (χ0v) is 13.6. The topological polar surface area (TPSA) is 75.0 Å². The number of nitrogens with zero attached hydrogens (tertiary/aromatic N) is 3. The molecule has 1 aromatic heterocycles. The largest absolute Gasteiger partial charge is 0.397 e. The quantitative estimate of drug-likeness (QED) is 0.908. The van der Waals surface area contributed by atoms with Crippen LogP contribution < -0.4 is 5.73 Å². The summed E-state index contributed by atoms with van der Waals surface area (Å²) in [7, 11) is 0. The fourth-order valence-electron chi connectivity index (χ4n) is 2.97. The van der Waals surface area contributed by atoms with E-state index in [4.69, 9.17) is 5.73 Å². The van der Waals surface area contributed by atoms with Gasteiger partial charge >= 0.3 is 0 Å². The summed E-state index contributed by atoms with van der Waals surface area (Å²) in [6, 6.07) is 3.86. The number of anilines is 1. The van der Waals surface area contributed by atoms with Crippen LogP contribution in [0.3, 0.4) is 0 Å². The Morgan fingerprint density at radius 1 is 1.36 bits per heavy atom. The number of nitriles is 1. The average Bonchev–Trinajstić information content (AvgIpc) is 2.81. The molecule has 0 atom stereocenters. The highest BCUT2D eigenvalue weighted by Gasteiger charge is 2.20. The summed E-state index contributed by atoms with van der Waals surface area (Å²) in [4.78, 5) is 14.4. The molecule has 0 bridgehead atoms. The minimum atomic E-state index is 0.0950. The first-order valence-corrected chi connectivity index (χ1v) is 8.18. The zero-order valence-electron chi connectivity index (χ0n) is 13.6. The Morgan fingerprint density at radius 3 is 2.64 bits per heavy atom. The Morgan fingerprint density at radius 2 is 2.05 bits per heavy atom. The molecule has 1 saturated heterocycles. The summed E-state index contributed by atoms with van der Waals surface area (Å²) in [6.45, 7) is 6.21. The van der Waals surface area contributed by atoms with E-state index in [-0.39, 0.29) is 12.5 Å². The minimum Gasteiger partial charge on any atom is -0.397 e. The number of likely N-dealkylation sites (tertiary alicyclic amines) is 1. The normalized spacial score (nSPS) is 15.1. The third kappa shape index (κ3) is 3.82.